The Balaban J connectivity index is 0.00000180. The summed E-state index contributed by atoms with van der Waals surface area (Å²) in [5.74, 6) is 0.704. The number of amides is 1. The van der Waals surface area contributed by atoms with Crippen LogP contribution in [0.1, 0.15) is 43.0 Å². The summed E-state index contributed by atoms with van der Waals surface area (Å²) in [6, 6.07) is 7.56. The molecule has 1 fully saturated rings. The molecule has 2 N–H and O–H groups in total. The number of rotatable bonds is 2. The predicted molar refractivity (Wildman–Crippen MR) is 81.6 cm³/mol. The fraction of sp³-hybridized carbons (Fsp3) is 0.533. The lowest BCUT2D eigenvalue weighted by Crippen LogP contribution is -2.42. The minimum atomic E-state index is 0. The van der Waals surface area contributed by atoms with Crippen LogP contribution >= 0.6 is 12.4 Å². The van der Waals surface area contributed by atoms with E-state index in [2.05, 4.69) is 6.92 Å². The molecule has 3 nitrogen and oxygen atoms in total. The van der Waals surface area contributed by atoms with E-state index in [1.807, 2.05) is 24.1 Å². The Kier molecular flexibility index (Phi) is 5.67. The van der Waals surface area contributed by atoms with Gasteiger partial charge in [0.05, 0.1) is 0 Å². The third-order valence-corrected chi connectivity index (χ3v) is 4.04. The summed E-state index contributed by atoms with van der Waals surface area (Å²) in [5.41, 5.74) is 7.06. The normalized spacial score (nSPS) is 22.4. The van der Waals surface area contributed by atoms with Crippen molar-refractivity contribution in [3.63, 3.8) is 0 Å². The monoisotopic (exact) mass is 282 g/mol. The van der Waals surface area contributed by atoms with Crippen molar-refractivity contribution in [3.8, 4) is 0 Å². The van der Waals surface area contributed by atoms with E-state index < -0.39 is 0 Å². The molecule has 2 rings (SSSR count). The number of benzene rings is 1. The lowest BCUT2D eigenvalue weighted by molar-refractivity contribution is 0.0629. The number of carbonyl (C=O) groups excluding carboxylic acids is 1. The van der Waals surface area contributed by atoms with Crippen molar-refractivity contribution >= 4 is 24.0 Å². The maximum Gasteiger partial charge on any atom is 0.253 e. The first-order valence-electron chi connectivity index (χ1n) is 6.72. The van der Waals surface area contributed by atoms with Crippen LogP contribution in [-0.4, -0.2) is 23.9 Å². The van der Waals surface area contributed by atoms with Gasteiger partial charge in [-0.1, -0.05) is 19.8 Å². The van der Waals surface area contributed by atoms with Crippen molar-refractivity contribution in [2.75, 3.05) is 12.8 Å². The first-order chi connectivity index (χ1) is 8.59. The summed E-state index contributed by atoms with van der Waals surface area (Å²) in [7, 11) is 1.92. The highest BCUT2D eigenvalue weighted by atomic mass is 35.5. The molecule has 0 aliphatic heterocycles. The Morgan fingerprint density at radius 1 is 1.21 bits per heavy atom. The highest BCUT2D eigenvalue weighted by Crippen LogP contribution is 2.28. The second kappa shape index (κ2) is 6.80. The molecule has 1 aromatic rings. The number of halogens is 1. The lowest BCUT2D eigenvalue weighted by atomic mass is 9.85. The molecular weight excluding hydrogens is 260 g/mol. The average Bonchev–Trinajstić information content (AvgIpc) is 2.38. The highest BCUT2D eigenvalue weighted by Gasteiger charge is 2.28. The van der Waals surface area contributed by atoms with E-state index in [0.717, 1.165) is 12.0 Å². The molecule has 0 saturated heterocycles. The van der Waals surface area contributed by atoms with Gasteiger partial charge in [0.2, 0.25) is 0 Å². The van der Waals surface area contributed by atoms with E-state index in [4.69, 9.17) is 5.73 Å². The molecule has 1 aromatic carbocycles. The van der Waals surface area contributed by atoms with Crippen LogP contribution in [0.2, 0.25) is 0 Å². The molecule has 1 aliphatic rings. The standard InChI is InChI=1S/C15H22N2O.ClH/c1-11-5-3-4-6-14(11)17(2)15(18)12-7-9-13(16)10-8-12;/h7-11,14H,3-6,16H2,1-2H3;1H. The third-order valence-electron chi connectivity index (χ3n) is 4.04. The van der Waals surface area contributed by atoms with Crippen LogP contribution in [0, 0.1) is 5.92 Å². The van der Waals surface area contributed by atoms with Crippen LogP contribution in [0.25, 0.3) is 0 Å². The van der Waals surface area contributed by atoms with Crippen molar-refractivity contribution in [1.29, 1.82) is 0 Å². The SMILES string of the molecule is CC1CCCCC1N(C)C(=O)c1ccc(N)cc1.Cl. The van der Waals surface area contributed by atoms with Crippen LogP contribution in [0.3, 0.4) is 0 Å². The number of hydrogen-bond donors (Lipinski definition) is 1. The van der Waals surface area contributed by atoms with Gasteiger partial charge in [-0.15, -0.1) is 12.4 Å². The largest absolute Gasteiger partial charge is 0.399 e. The molecule has 0 radical (unpaired) electrons. The number of nitrogen functional groups attached to an aromatic ring is 1. The van der Waals surface area contributed by atoms with Crippen molar-refractivity contribution in [2.24, 2.45) is 5.92 Å². The van der Waals surface area contributed by atoms with Crippen LogP contribution < -0.4 is 5.73 Å². The summed E-state index contributed by atoms with van der Waals surface area (Å²) in [4.78, 5) is 14.3. The van der Waals surface area contributed by atoms with Gasteiger partial charge >= 0.3 is 0 Å². The van der Waals surface area contributed by atoms with Crippen LogP contribution in [-0.2, 0) is 0 Å². The van der Waals surface area contributed by atoms with Gasteiger partial charge < -0.3 is 10.6 Å². The van der Waals surface area contributed by atoms with Gasteiger partial charge in [0.25, 0.3) is 5.91 Å². The second-order valence-electron chi connectivity index (χ2n) is 5.37. The van der Waals surface area contributed by atoms with Gasteiger partial charge in [-0.25, -0.2) is 0 Å². The summed E-state index contributed by atoms with van der Waals surface area (Å²) in [6.45, 7) is 2.25. The second-order valence-corrected chi connectivity index (χ2v) is 5.37. The summed E-state index contributed by atoms with van der Waals surface area (Å²) < 4.78 is 0. The molecule has 1 amide bonds. The van der Waals surface area contributed by atoms with Crippen LogP contribution in [0.4, 0.5) is 5.69 Å². The van der Waals surface area contributed by atoms with E-state index in [-0.39, 0.29) is 18.3 Å². The van der Waals surface area contributed by atoms with Crippen molar-refractivity contribution in [2.45, 2.75) is 38.6 Å². The molecule has 1 aliphatic carbocycles. The highest BCUT2D eigenvalue weighted by molar-refractivity contribution is 5.94. The van der Waals surface area contributed by atoms with Gasteiger partial charge in [-0.2, -0.15) is 0 Å². The fourth-order valence-corrected chi connectivity index (χ4v) is 2.85. The van der Waals surface area contributed by atoms with E-state index in [0.29, 0.717) is 17.6 Å². The Hall–Kier alpha value is -1.22. The zero-order valence-corrected chi connectivity index (χ0v) is 12.5. The minimum Gasteiger partial charge on any atom is -0.399 e. The first kappa shape index (κ1) is 15.8. The van der Waals surface area contributed by atoms with Crippen LogP contribution in [0.5, 0.6) is 0 Å². The maximum atomic E-state index is 12.4. The molecule has 0 bridgehead atoms. The quantitative estimate of drug-likeness (QED) is 0.846. The van der Waals surface area contributed by atoms with Crippen molar-refractivity contribution in [3.05, 3.63) is 29.8 Å². The summed E-state index contributed by atoms with van der Waals surface area (Å²) in [6.07, 6.45) is 4.87. The number of nitrogens with zero attached hydrogens (tertiary/aromatic N) is 1. The lowest BCUT2D eigenvalue weighted by Gasteiger charge is -2.36. The van der Waals surface area contributed by atoms with E-state index in [1.165, 1.54) is 19.3 Å². The third kappa shape index (κ3) is 3.63. The maximum absolute atomic E-state index is 12.4. The molecule has 0 aromatic heterocycles. The predicted octanol–water partition coefficient (Wildman–Crippen LogP) is 3.34. The average molecular weight is 283 g/mol. The summed E-state index contributed by atoms with van der Waals surface area (Å²) >= 11 is 0. The summed E-state index contributed by atoms with van der Waals surface area (Å²) in [5, 5.41) is 0. The first-order valence-corrected chi connectivity index (χ1v) is 6.72. The molecule has 2 atom stereocenters. The van der Waals surface area contributed by atoms with Gasteiger partial charge in [0, 0.05) is 24.3 Å². The Bertz CT molecular complexity index is 419. The van der Waals surface area contributed by atoms with Crippen molar-refractivity contribution in [1.82, 2.24) is 4.90 Å². The molecule has 2 unspecified atom stereocenters. The molecule has 4 heteroatoms. The van der Waals surface area contributed by atoms with Crippen LogP contribution in [0.15, 0.2) is 24.3 Å². The van der Waals surface area contributed by atoms with E-state index in [9.17, 15) is 4.79 Å². The zero-order chi connectivity index (χ0) is 13.1. The molecule has 0 spiro atoms. The fourth-order valence-electron chi connectivity index (χ4n) is 2.85. The van der Waals surface area contributed by atoms with Gasteiger partial charge in [-0.3, -0.25) is 4.79 Å². The Labute approximate surface area is 121 Å². The molecule has 0 heterocycles. The van der Waals surface area contributed by atoms with Gasteiger partial charge in [-0.05, 0) is 43.0 Å². The van der Waals surface area contributed by atoms with E-state index >= 15 is 0 Å². The molecule has 19 heavy (non-hydrogen) atoms. The number of carbonyl (C=O) groups is 1. The molecular formula is C15H23ClN2O. The molecule has 1 saturated carbocycles. The minimum absolute atomic E-state index is 0. The zero-order valence-electron chi connectivity index (χ0n) is 11.6. The number of nitrogens with two attached hydrogens (primary N) is 1. The smallest absolute Gasteiger partial charge is 0.253 e. The molecule has 106 valence electrons. The number of hydrogen-bond acceptors (Lipinski definition) is 2. The van der Waals surface area contributed by atoms with Crippen molar-refractivity contribution < 1.29 is 4.79 Å². The topological polar surface area (TPSA) is 46.3 Å². The van der Waals surface area contributed by atoms with Gasteiger partial charge in [0.1, 0.15) is 0 Å². The Morgan fingerprint density at radius 3 is 2.37 bits per heavy atom. The van der Waals surface area contributed by atoms with E-state index in [1.54, 1.807) is 12.1 Å². The number of anilines is 1. The Morgan fingerprint density at radius 2 is 1.79 bits per heavy atom. The van der Waals surface area contributed by atoms with Gasteiger partial charge in [0.15, 0.2) is 0 Å².